The number of anilines is 1. The van der Waals surface area contributed by atoms with E-state index in [2.05, 4.69) is 10.6 Å². The topological polar surface area (TPSA) is 76.7 Å². The molecular formula is C19H30N2O4. The van der Waals surface area contributed by atoms with Crippen molar-refractivity contribution in [2.45, 2.75) is 53.7 Å². The standard InChI is InChI=1S/C19H30N2O4/c1-13(2)20-10-9-17(22)21-15-11-14(7-8-16(15)24-6)12-25-18(23)19(3,4)5/h7-8,11,13,20H,9-10,12H2,1-6H3,(H,21,22). The summed E-state index contributed by atoms with van der Waals surface area (Å²) in [6.07, 6.45) is 0.366. The van der Waals surface area contributed by atoms with Crippen LogP contribution >= 0.6 is 0 Å². The van der Waals surface area contributed by atoms with Gasteiger partial charge in [0.05, 0.1) is 18.2 Å². The zero-order chi connectivity index (χ0) is 19.0. The van der Waals surface area contributed by atoms with Crippen LogP contribution in [0.5, 0.6) is 5.75 Å². The van der Waals surface area contributed by atoms with Crippen LogP contribution in [-0.4, -0.2) is 31.6 Å². The van der Waals surface area contributed by atoms with Crippen LogP contribution in [0.15, 0.2) is 18.2 Å². The molecule has 6 heteroatoms. The summed E-state index contributed by atoms with van der Waals surface area (Å²) in [5.41, 5.74) is 0.808. The Labute approximate surface area is 150 Å². The van der Waals surface area contributed by atoms with Crippen LogP contribution in [0.25, 0.3) is 0 Å². The van der Waals surface area contributed by atoms with Crippen LogP contribution in [0.1, 0.15) is 46.6 Å². The third kappa shape index (κ3) is 7.56. The second kappa shape index (κ2) is 9.42. The van der Waals surface area contributed by atoms with Crippen LogP contribution < -0.4 is 15.4 Å². The van der Waals surface area contributed by atoms with Crippen molar-refractivity contribution in [3.05, 3.63) is 23.8 Å². The van der Waals surface area contributed by atoms with E-state index < -0.39 is 5.41 Å². The average molecular weight is 350 g/mol. The highest BCUT2D eigenvalue weighted by molar-refractivity contribution is 5.92. The Morgan fingerprint density at radius 1 is 1.20 bits per heavy atom. The molecule has 1 amide bonds. The summed E-state index contributed by atoms with van der Waals surface area (Å²) in [4.78, 5) is 24.0. The Balaban J connectivity index is 2.71. The molecular weight excluding hydrogens is 320 g/mol. The molecule has 1 rings (SSSR count). The molecule has 0 heterocycles. The van der Waals surface area contributed by atoms with Gasteiger partial charge in [0.1, 0.15) is 12.4 Å². The lowest BCUT2D eigenvalue weighted by Crippen LogP contribution is -2.27. The molecule has 0 saturated heterocycles. The van der Waals surface area contributed by atoms with Gasteiger partial charge < -0.3 is 20.1 Å². The van der Waals surface area contributed by atoms with Gasteiger partial charge in [-0.2, -0.15) is 0 Å². The number of methoxy groups -OCH3 is 1. The predicted octanol–water partition coefficient (Wildman–Crippen LogP) is 3.11. The summed E-state index contributed by atoms with van der Waals surface area (Å²) < 4.78 is 10.6. The quantitative estimate of drug-likeness (QED) is 0.705. The number of benzene rings is 1. The van der Waals surface area contributed by atoms with E-state index in [9.17, 15) is 9.59 Å². The van der Waals surface area contributed by atoms with Crippen molar-refractivity contribution >= 4 is 17.6 Å². The van der Waals surface area contributed by atoms with Crippen molar-refractivity contribution in [1.29, 1.82) is 0 Å². The lowest BCUT2D eigenvalue weighted by molar-refractivity contribution is -0.154. The molecule has 0 unspecified atom stereocenters. The number of carbonyl (C=O) groups excluding carboxylic acids is 2. The number of rotatable bonds is 8. The summed E-state index contributed by atoms with van der Waals surface area (Å²) >= 11 is 0. The fourth-order valence-corrected chi connectivity index (χ4v) is 2.00. The molecule has 25 heavy (non-hydrogen) atoms. The molecule has 0 aromatic heterocycles. The van der Waals surface area contributed by atoms with E-state index in [1.54, 1.807) is 40.0 Å². The largest absolute Gasteiger partial charge is 0.495 e. The second-order valence-corrected chi connectivity index (χ2v) is 7.27. The fraction of sp³-hybridized carbons (Fsp3) is 0.579. The highest BCUT2D eigenvalue weighted by Crippen LogP contribution is 2.26. The van der Waals surface area contributed by atoms with Gasteiger partial charge in [0, 0.05) is 19.0 Å². The van der Waals surface area contributed by atoms with Crippen LogP contribution in [0.3, 0.4) is 0 Å². The minimum atomic E-state index is -0.549. The Bertz CT molecular complexity index is 592. The van der Waals surface area contributed by atoms with Crippen LogP contribution in [-0.2, 0) is 20.9 Å². The molecule has 6 nitrogen and oxygen atoms in total. The smallest absolute Gasteiger partial charge is 0.311 e. The van der Waals surface area contributed by atoms with E-state index >= 15 is 0 Å². The highest BCUT2D eigenvalue weighted by atomic mass is 16.5. The van der Waals surface area contributed by atoms with E-state index in [-0.39, 0.29) is 18.5 Å². The molecule has 0 bridgehead atoms. The first-order valence-corrected chi connectivity index (χ1v) is 8.51. The van der Waals surface area contributed by atoms with Crippen molar-refractivity contribution in [3.8, 4) is 5.75 Å². The van der Waals surface area contributed by atoms with Gasteiger partial charge in [-0.3, -0.25) is 9.59 Å². The second-order valence-electron chi connectivity index (χ2n) is 7.27. The SMILES string of the molecule is COc1ccc(COC(=O)C(C)(C)C)cc1NC(=O)CCNC(C)C. The summed E-state index contributed by atoms with van der Waals surface area (Å²) in [5.74, 6) is 0.194. The molecule has 1 aromatic carbocycles. The number of amides is 1. The monoisotopic (exact) mass is 350 g/mol. The first-order chi connectivity index (χ1) is 11.6. The minimum Gasteiger partial charge on any atom is -0.495 e. The number of hydrogen-bond donors (Lipinski definition) is 2. The summed E-state index contributed by atoms with van der Waals surface area (Å²) in [6, 6.07) is 5.67. The summed E-state index contributed by atoms with van der Waals surface area (Å²) in [7, 11) is 1.55. The van der Waals surface area contributed by atoms with Crippen molar-refractivity contribution < 1.29 is 19.1 Å². The zero-order valence-electron chi connectivity index (χ0n) is 16.1. The molecule has 0 aliphatic rings. The maximum atomic E-state index is 12.1. The lowest BCUT2D eigenvalue weighted by atomic mass is 9.97. The first-order valence-electron chi connectivity index (χ1n) is 8.51. The maximum Gasteiger partial charge on any atom is 0.311 e. The molecule has 0 saturated carbocycles. The van der Waals surface area contributed by atoms with Crippen LogP contribution in [0, 0.1) is 5.41 Å². The number of nitrogens with one attached hydrogen (secondary N) is 2. The van der Waals surface area contributed by atoms with Gasteiger partial charge in [0.25, 0.3) is 0 Å². The van der Waals surface area contributed by atoms with Gasteiger partial charge in [0.2, 0.25) is 5.91 Å². The molecule has 0 aliphatic carbocycles. The van der Waals surface area contributed by atoms with Gasteiger partial charge in [-0.15, -0.1) is 0 Å². The van der Waals surface area contributed by atoms with Crippen molar-refractivity contribution in [3.63, 3.8) is 0 Å². The van der Waals surface area contributed by atoms with Crippen molar-refractivity contribution in [1.82, 2.24) is 5.32 Å². The molecule has 0 spiro atoms. The average Bonchev–Trinajstić information content (AvgIpc) is 2.51. The van der Waals surface area contributed by atoms with Crippen molar-refractivity contribution in [2.75, 3.05) is 19.0 Å². The molecule has 0 aliphatic heterocycles. The fourth-order valence-electron chi connectivity index (χ4n) is 2.00. The van der Waals surface area contributed by atoms with E-state index in [1.165, 1.54) is 0 Å². The number of carbonyl (C=O) groups is 2. The maximum absolute atomic E-state index is 12.1. The molecule has 0 fully saturated rings. The minimum absolute atomic E-state index is 0.102. The molecule has 0 radical (unpaired) electrons. The van der Waals surface area contributed by atoms with Gasteiger partial charge >= 0.3 is 5.97 Å². The number of ether oxygens (including phenoxy) is 2. The van der Waals surface area contributed by atoms with Gasteiger partial charge in [0.15, 0.2) is 0 Å². The third-order valence-electron chi connectivity index (χ3n) is 3.42. The van der Waals surface area contributed by atoms with Crippen molar-refractivity contribution in [2.24, 2.45) is 5.41 Å². The van der Waals surface area contributed by atoms with Crippen LogP contribution in [0.4, 0.5) is 5.69 Å². The Kier molecular flexibility index (Phi) is 7.90. The van der Waals surface area contributed by atoms with E-state index in [1.807, 2.05) is 19.9 Å². The Hall–Kier alpha value is -2.08. The first kappa shape index (κ1) is 21.0. The van der Waals surface area contributed by atoms with E-state index in [0.717, 1.165) is 5.56 Å². The van der Waals surface area contributed by atoms with Gasteiger partial charge in [-0.1, -0.05) is 19.9 Å². The third-order valence-corrected chi connectivity index (χ3v) is 3.42. The predicted molar refractivity (Wildman–Crippen MR) is 98.6 cm³/mol. The Morgan fingerprint density at radius 3 is 2.44 bits per heavy atom. The van der Waals surface area contributed by atoms with Crippen LogP contribution in [0.2, 0.25) is 0 Å². The highest BCUT2D eigenvalue weighted by Gasteiger charge is 2.23. The van der Waals surface area contributed by atoms with Gasteiger partial charge in [-0.25, -0.2) is 0 Å². The molecule has 2 N–H and O–H groups in total. The Morgan fingerprint density at radius 2 is 1.88 bits per heavy atom. The van der Waals surface area contributed by atoms with E-state index in [4.69, 9.17) is 9.47 Å². The van der Waals surface area contributed by atoms with E-state index in [0.29, 0.717) is 30.4 Å². The lowest BCUT2D eigenvalue weighted by Gasteiger charge is -2.17. The molecule has 0 atom stereocenters. The number of hydrogen-bond acceptors (Lipinski definition) is 5. The summed E-state index contributed by atoms with van der Waals surface area (Å²) in [6.45, 7) is 10.2. The molecule has 1 aromatic rings. The summed E-state index contributed by atoms with van der Waals surface area (Å²) in [5, 5.41) is 6.05. The zero-order valence-corrected chi connectivity index (χ0v) is 16.1. The number of esters is 1. The molecule has 140 valence electrons. The normalized spacial score (nSPS) is 11.3. The van der Waals surface area contributed by atoms with Gasteiger partial charge in [-0.05, 0) is 38.5 Å².